The zero-order valence-corrected chi connectivity index (χ0v) is 16.6. The van der Waals surface area contributed by atoms with Crippen molar-refractivity contribution in [2.24, 2.45) is 0 Å². The van der Waals surface area contributed by atoms with E-state index in [1.165, 1.54) is 11.6 Å². The summed E-state index contributed by atoms with van der Waals surface area (Å²) in [6.45, 7) is 3.47. The van der Waals surface area contributed by atoms with Crippen molar-refractivity contribution in [3.05, 3.63) is 76.6 Å². The van der Waals surface area contributed by atoms with Gasteiger partial charge in [-0.3, -0.25) is 4.79 Å². The second-order valence-corrected chi connectivity index (χ2v) is 8.00. The summed E-state index contributed by atoms with van der Waals surface area (Å²) in [5.41, 5.74) is 1.35. The molecule has 1 aliphatic heterocycles. The van der Waals surface area contributed by atoms with Gasteiger partial charge in [-0.25, -0.2) is 0 Å². The summed E-state index contributed by atoms with van der Waals surface area (Å²) in [4.78, 5) is 16.6. The quantitative estimate of drug-likeness (QED) is 0.605. The second kappa shape index (κ2) is 8.80. The van der Waals surface area contributed by atoms with E-state index < -0.39 is 5.60 Å². The molecule has 0 atom stereocenters. The molecule has 1 saturated heterocycles. The zero-order chi connectivity index (χ0) is 20.1. The fraction of sp³-hybridized carbons (Fsp3) is 0.375. The van der Waals surface area contributed by atoms with E-state index in [-0.39, 0.29) is 5.56 Å². The highest BCUT2D eigenvalue weighted by molar-refractivity contribution is 5.79. The average Bonchev–Trinajstić information content (AvgIpc) is 2.73. The topological polar surface area (TPSA) is 65.6 Å². The van der Waals surface area contributed by atoms with Crippen LogP contribution in [-0.2, 0) is 6.42 Å². The van der Waals surface area contributed by atoms with Gasteiger partial charge in [0, 0.05) is 43.0 Å². The molecule has 3 aromatic rings. The summed E-state index contributed by atoms with van der Waals surface area (Å²) in [7, 11) is 0. The van der Waals surface area contributed by atoms with Crippen molar-refractivity contribution in [1.29, 1.82) is 0 Å². The number of fused-ring (bicyclic) bond motifs is 1. The Labute approximate surface area is 170 Å². The van der Waals surface area contributed by atoms with Gasteiger partial charge < -0.3 is 19.7 Å². The van der Waals surface area contributed by atoms with Crippen molar-refractivity contribution in [3.8, 4) is 5.75 Å². The summed E-state index contributed by atoms with van der Waals surface area (Å²) < 4.78 is 5.89. The van der Waals surface area contributed by atoms with Gasteiger partial charge in [-0.2, -0.15) is 0 Å². The van der Waals surface area contributed by atoms with Crippen molar-refractivity contribution < 1.29 is 9.84 Å². The Morgan fingerprint density at radius 3 is 2.62 bits per heavy atom. The van der Waals surface area contributed by atoms with Crippen LogP contribution in [0.25, 0.3) is 10.9 Å². The first-order chi connectivity index (χ1) is 14.1. The van der Waals surface area contributed by atoms with E-state index in [2.05, 4.69) is 22.0 Å². The second-order valence-electron chi connectivity index (χ2n) is 8.00. The van der Waals surface area contributed by atoms with Gasteiger partial charge in [-0.1, -0.05) is 30.3 Å². The molecule has 5 nitrogen and oxygen atoms in total. The summed E-state index contributed by atoms with van der Waals surface area (Å²) >= 11 is 0. The molecule has 2 N–H and O–H groups in total. The maximum Gasteiger partial charge on any atom is 0.248 e. The number of pyridine rings is 1. The van der Waals surface area contributed by atoms with Crippen LogP contribution in [0.3, 0.4) is 0 Å². The molecule has 152 valence electrons. The van der Waals surface area contributed by atoms with E-state index in [1.54, 1.807) is 0 Å². The number of likely N-dealkylation sites (tertiary alicyclic amines) is 1. The fourth-order valence-electron chi connectivity index (χ4n) is 4.05. The lowest BCUT2D eigenvalue weighted by molar-refractivity contribution is -0.0212. The first-order valence-electron chi connectivity index (χ1n) is 10.3. The number of nitrogens with zero attached hydrogens (tertiary/aromatic N) is 1. The first-order valence-corrected chi connectivity index (χ1v) is 10.3. The molecule has 4 rings (SSSR count). The molecule has 1 aromatic heterocycles. The number of benzene rings is 2. The van der Waals surface area contributed by atoms with E-state index in [0.717, 1.165) is 62.0 Å². The number of aromatic amines is 1. The Kier molecular flexibility index (Phi) is 5.97. The van der Waals surface area contributed by atoms with E-state index in [1.807, 2.05) is 42.5 Å². The SMILES string of the molecule is O=c1ccc2cc(OCCCN3CCC(O)(Cc4ccccc4)CC3)ccc2[nH]1. The van der Waals surface area contributed by atoms with Crippen molar-refractivity contribution >= 4 is 10.9 Å². The Hall–Kier alpha value is -2.63. The largest absolute Gasteiger partial charge is 0.494 e. The predicted octanol–water partition coefficient (Wildman–Crippen LogP) is 3.37. The summed E-state index contributed by atoms with van der Waals surface area (Å²) in [5, 5.41) is 11.9. The standard InChI is InChI=1S/C24H28N2O3/c27-23-10-7-20-17-21(8-9-22(20)25-23)29-16-4-13-26-14-11-24(28,12-15-26)18-19-5-2-1-3-6-19/h1-3,5-10,17,28H,4,11-16,18H2,(H,25,27). The van der Waals surface area contributed by atoms with Crippen LogP contribution in [-0.4, -0.2) is 46.8 Å². The van der Waals surface area contributed by atoms with E-state index in [0.29, 0.717) is 6.61 Å². The lowest BCUT2D eigenvalue weighted by Crippen LogP contribution is -2.46. The minimum absolute atomic E-state index is 0.0941. The lowest BCUT2D eigenvalue weighted by atomic mass is 9.85. The van der Waals surface area contributed by atoms with Gasteiger partial charge in [0.15, 0.2) is 0 Å². The van der Waals surface area contributed by atoms with E-state index in [4.69, 9.17) is 4.74 Å². The van der Waals surface area contributed by atoms with Crippen LogP contribution in [0.1, 0.15) is 24.8 Å². The molecule has 0 radical (unpaired) electrons. The molecular weight excluding hydrogens is 364 g/mol. The van der Waals surface area contributed by atoms with Crippen LogP contribution in [0.2, 0.25) is 0 Å². The van der Waals surface area contributed by atoms with E-state index in [9.17, 15) is 9.90 Å². The molecule has 0 unspecified atom stereocenters. The van der Waals surface area contributed by atoms with Crippen LogP contribution in [0.5, 0.6) is 5.75 Å². The molecule has 2 aromatic carbocycles. The molecular formula is C24H28N2O3. The van der Waals surface area contributed by atoms with E-state index >= 15 is 0 Å². The van der Waals surface area contributed by atoms with Gasteiger partial charge >= 0.3 is 0 Å². The molecule has 1 fully saturated rings. The van der Waals surface area contributed by atoms with Crippen molar-refractivity contribution in [1.82, 2.24) is 9.88 Å². The third kappa shape index (κ3) is 5.25. The fourth-order valence-corrected chi connectivity index (χ4v) is 4.05. The first kappa shape index (κ1) is 19.7. The Morgan fingerprint density at radius 1 is 1.03 bits per heavy atom. The predicted molar refractivity (Wildman–Crippen MR) is 115 cm³/mol. The van der Waals surface area contributed by atoms with Crippen molar-refractivity contribution in [2.45, 2.75) is 31.3 Å². The Bertz CT molecular complexity index is 992. The Morgan fingerprint density at radius 2 is 1.83 bits per heavy atom. The number of aromatic nitrogens is 1. The zero-order valence-electron chi connectivity index (χ0n) is 16.6. The molecule has 0 saturated carbocycles. The van der Waals surface area contributed by atoms with Gasteiger partial charge in [0.25, 0.3) is 0 Å². The highest BCUT2D eigenvalue weighted by Gasteiger charge is 2.32. The number of hydrogen-bond acceptors (Lipinski definition) is 4. The summed E-state index contributed by atoms with van der Waals surface area (Å²) in [6.07, 6.45) is 3.30. The van der Waals surface area contributed by atoms with Gasteiger partial charge in [-0.05, 0) is 49.1 Å². The lowest BCUT2D eigenvalue weighted by Gasteiger charge is -2.38. The van der Waals surface area contributed by atoms with Crippen LogP contribution >= 0.6 is 0 Å². The molecule has 0 aliphatic carbocycles. The molecule has 29 heavy (non-hydrogen) atoms. The van der Waals surface area contributed by atoms with Gasteiger partial charge in [0.2, 0.25) is 5.56 Å². The van der Waals surface area contributed by atoms with Gasteiger partial charge in [0.05, 0.1) is 12.2 Å². The third-order valence-electron chi connectivity index (χ3n) is 5.75. The number of rotatable bonds is 7. The molecule has 0 spiro atoms. The number of ether oxygens (including phenoxy) is 1. The molecule has 0 bridgehead atoms. The molecule has 5 heteroatoms. The Balaban J connectivity index is 1.20. The number of nitrogens with one attached hydrogen (secondary N) is 1. The van der Waals surface area contributed by atoms with Crippen LogP contribution in [0, 0.1) is 0 Å². The third-order valence-corrected chi connectivity index (χ3v) is 5.75. The highest BCUT2D eigenvalue weighted by atomic mass is 16.5. The number of aliphatic hydroxyl groups is 1. The smallest absolute Gasteiger partial charge is 0.248 e. The highest BCUT2D eigenvalue weighted by Crippen LogP contribution is 2.26. The maximum absolute atomic E-state index is 11.4. The van der Waals surface area contributed by atoms with Gasteiger partial charge in [-0.15, -0.1) is 0 Å². The number of hydrogen-bond donors (Lipinski definition) is 2. The average molecular weight is 392 g/mol. The summed E-state index contributed by atoms with van der Waals surface area (Å²) in [5.74, 6) is 0.820. The van der Waals surface area contributed by atoms with Crippen LogP contribution in [0.15, 0.2) is 65.5 Å². The monoisotopic (exact) mass is 392 g/mol. The number of piperidine rings is 1. The number of H-pyrrole nitrogens is 1. The minimum atomic E-state index is -0.583. The molecule has 2 heterocycles. The summed E-state index contributed by atoms with van der Waals surface area (Å²) in [6, 6.07) is 19.3. The molecule has 1 aliphatic rings. The maximum atomic E-state index is 11.4. The van der Waals surface area contributed by atoms with Crippen LogP contribution in [0.4, 0.5) is 0 Å². The molecule has 0 amide bonds. The normalized spacial score (nSPS) is 16.7. The minimum Gasteiger partial charge on any atom is -0.494 e. The van der Waals surface area contributed by atoms with Crippen molar-refractivity contribution in [2.75, 3.05) is 26.2 Å². The van der Waals surface area contributed by atoms with Crippen LogP contribution < -0.4 is 10.3 Å². The van der Waals surface area contributed by atoms with Crippen molar-refractivity contribution in [3.63, 3.8) is 0 Å². The van der Waals surface area contributed by atoms with Gasteiger partial charge in [0.1, 0.15) is 5.75 Å².